The number of aliphatic imine (C=N–C) groups is 1. The third-order valence-electron chi connectivity index (χ3n) is 2.39. The molecule has 15 heavy (non-hydrogen) atoms. The number of nitrogens with zero attached hydrogens (tertiary/aromatic N) is 2. The van der Waals surface area contributed by atoms with Gasteiger partial charge in [0.1, 0.15) is 0 Å². The van der Waals surface area contributed by atoms with Gasteiger partial charge < -0.3 is 16.0 Å². The van der Waals surface area contributed by atoms with Crippen LogP contribution in [0.5, 0.6) is 0 Å². The van der Waals surface area contributed by atoms with Crippen molar-refractivity contribution in [2.45, 2.75) is 0 Å². The molecule has 1 aliphatic rings. The van der Waals surface area contributed by atoms with E-state index in [-0.39, 0.29) is 17.0 Å². The lowest BCUT2D eigenvalue weighted by Gasteiger charge is -2.27. The summed E-state index contributed by atoms with van der Waals surface area (Å²) in [7, 11) is 3.66. The predicted octanol–water partition coefficient (Wildman–Crippen LogP) is -0.736. The maximum absolute atomic E-state index is 4.05. The molecule has 6 heteroatoms. The summed E-state index contributed by atoms with van der Waals surface area (Å²) in [6.45, 7) is 6.57. The molecule has 1 rings (SSSR count). The Morgan fingerprint density at radius 2 is 2.07 bits per heavy atom. The Balaban J connectivity index is 0.00000196. The molecule has 0 radical (unpaired) electrons. The zero-order chi connectivity index (χ0) is 10.2. The summed E-state index contributed by atoms with van der Waals surface area (Å²) in [5, 5.41) is 9.58. The Bertz CT molecular complexity index is 179. The lowest BCUT2D eigenvalue weighted by Crippen LogP contribution is -2.47. The van der Waals surface area contributed by atoms with Crippen LogP contribution in [-0.2, 0) is 0 Å². The summed E-state index contributed by atoms with van der Waals surface area (Å²) in [4.78, 5) is 6.50. The van der Waals surface area contributed by atoms with E-state index in [0.29, 0.717) is 0 Å². The molecule has 0 unspecified atom stereocenters. The van der Waals surface area contributed by atoms with Crippen molar-refractivity contribution >= 4 is 22.9 Å². The van der Waals surface area contributed by atoms with Crippen LogP contribution in [-0.4, -0.2) is 64.2 Å². The highest BCUT2D eigenvalue weighted by atomic mass is 79.9. The van der Waals surface area contributed by atoms with Gasteiger partial charge in [-0.2, -0.15) is 0 Å². The lowest BCUT2D eigenvalue weighted by molar-refractivity contribution is 0.244. The molecule has 5 nitrogen and oxygen atoms in total. The van der Waals surface area contributed by atoms with Crippen LogP contribution in [0.4, 0.5) is 0 Å². The van der Waals surface area contributed by atoms with Crippen molar-refractivity contribution in [1.82, 2.24) is 20.9 Å². The number of halogens is 1. The van der Waals surface area contributed by atoms with E-state index in [1.54, 1.807) is 7.05 Å². The number of guanidine groups is 1. The van der Waals surface area contributed by atoms with E-state index in [2.05, 4.69) is 25.8 Å². The first-order valence-corrected chi connectivity index (χ1v) is 5.18. The molecule has 0 saturated carbocycles. The normalized spacial score (nSPS) is 18.1. The quantitative estimate of drug-likeness (QED) is 0.471. The summed E-state index contributed by atoms with van der Waals surface area (Å²) in [6.07, 6.45) is 0. The molecule has 90 valence electrons. The van der Waals surface area contributed by atoms with Crippen LogP contribution < -0.4 is 16.0 Å². The highest BCUT2D eigenvalue weighted by molar-refractivity contribution is 8.93. The van der Waals surface area contributed by atoms with E-state index in [4.69, 9.17) is 0 Å². The third-order valence-corrected chi connectivity index (χ3v) is 2.39. The van der Waals surface area contributed by atoms with Gasteiger partial charge in [0.05, 0.1) is 0 Å². The molecule has 0 aliphatic carbocycles. The Hall–Kier alpha value is -0.330. The SMILES string of the molecule is Br.CN=C(NC)NCCN1CCNCC1. The van der Waals surface area contributed by atoms with Crippen molar-refractivity contribution in [3.05, 3.63) is 0 Å². The fraction of sp³-hybridized carbons (Fsp3) is 0.889. The molecule has 0 atom stereocenters. The van der Waals surface area contributed by atoms with Crippen molar-refractivity contribution in [2.24, 2.45) is 4.99 Å². The van der Waals surface area contributed by atoms with Crippen molar-refractivity contribution in [2.75, 3.05) is 53.4 Å². The van der Waals surface area contributed by atoms with Crippen LogP contribution >= 0.6 is 17.0 Å². The van der Waals surface area contributed by atoms with Gasteiger partial charge in [0.2, 0.25) is 0 Å². The van der Waals surface area contributed by atoms with Crippen LogP contribution in [0.3, 0.4) is 0 Å². The molecule has 3 N–H and O–H groups in total. The highest BCUT2D eigenvalue weighted by Crippen LogP contribution is 1.89. The van der Waals surface area contributed by atoms with Crippen LogP contribution in [0.2, 0.25) is 0 Å². The molecule has 1 heterocycles. The second-order valence-electron chi connectivity index (χ2n) is 3.34. The van der Waals surface area contributed by atoms with E-state index < -0.39 is 0 Å². The minimum absolute atomic E-state index is 0. The van der Waals surface area contributed by atoms with Crippen LogP contribution in [0, 0.1) is 0 Å². The molecule has 0 amide bonds. The summed E-state index contributed by atoms with van der Waals surface area (Å²) in [5.41, 5.74) is 0. The first-order valence-electron chi connectivity index (χ1n) is 5.18. The summed E-state index contributed by atoms with van der Waals surface area (Å²) < 4.78 is 0. The van der Waals surface area contributed by atoms with Crippen LogP contribution in [0.25, 0.3) is 0 Å². The first kappa shape index (κ1) is 14.7. The van der Waals surface area contributed by atoms with Gasteiger partial charge in [-0.3, -0.25) is 9.89 Å². The standard InChI is InChI=1S/C9H21N5.BrH/c1-10-9(11-2)13-5-8-14-6-3-12-4-7-14;/h12H,3-8H2,1-2H3,(H2,10,11,13);1H. The zero-order valence-corrected chi connectivity index (χ0v) is 11.3. The summed E-state index contributed by atoms with van der Waals surface area (Å²) in [6, 6.07) is 0. The molecule has 0 bridgehead atoms. The molecular weight excluding hydrogens is 258 g/mol. The second kappa shape index (κ2) is 8.94. The van der Waals surface area contributed by atoms with Crippen molar-refractivity contribution in [3.8, 4) is 0 Å². The van der Waals surface area contributed by atoms with E-state index in [1.807, 2.05) is 7.05 Å². The van der Waals surface area contributed by atoms with Gasteiger partial charge in [0.25, 0.3) is 0 Å². The van der Waals surface area contributed by atoms with Crippen LogP contribution in [0.1, 0.15) is 0 Å². The van der Waals surface area contributed by atoms with Crippen molar-refractivity contribution in [3.63, 3.8) is 0 Å². The minimum Gasteiger partial charge on any atom is -0.359 e. The van der Waals surface area contributed by atoms with Gasteiger partial charge in [0, 0.05) is 53.4 Å². The molecule has 0 aromatic heterocycles. The molecule has 0 spiro atoms. The van der Waals surface area contributed by atoms with Gasteiger partial charge in [0.15, 0.2) is 5.96 Å². The van der Waals surface area contributed by atoms with Gasteiger partial charge in [-0.25, -0.2) is 0 Å². The fourth-order valence-corrected chi connectivity index (χ4v) is 1.55. The summed E-state index contributed by atoms with van der Waals surface area (Å²) in [5.74, 6) is 0.861. The average Bonchev–Trinajstić information content (AvgIpc) is 2.26. The number of hydrogen-bond acceptors (Lipinski definition) is 3. The Morgan fingerprint density at radius 3 is 2.60 bits per heavy atom. The van der Waals surface area contributed by atoms with E-state index in [0.717, 1.165) is 45.2 Å². The fourth-order valence-electron chi connectivity index (χ4n) is 1.55. The predicted molar refractivity (Wildman–Crippen MR) is 70.1 cm³/mol. The highest BCUT2D eigenvalue weighted by Gasteiger charge is 2.08. The van der Waals surface area contributed by atoms with Gasteiger partial charge in [-0.05, 0) is 0 Å². The largest absolute Gasteiger partial charge is 0.359 e. The molecule has 1 fully saturated rings. The third kappa shape index (κ3) is 5.96. The maximum atomic E-state index is 4.05. The zero-order valence-electron chi connectivity index (χ0n) is 9.55. The van der Waals surface area contributed by atoms with Gasteiger partial charge in [-0.1, -0.05) is 0 Å². The number of piperazine rings is 1. The second-order valence-corrected chi connectivity index (χ2v) is 3.34. The van der Waals surface area contributed by atoms with Crippen molar-refractivity contribution in [1.29, 1.82) is 0 Å². The smallest absolute Gasteiger partial charge is 0.190 e. The number of nitrogens with one attached hydrogen (secondary N) is 3. The molecule has 1 aliphatic heterocycles. The van der Waals surface area contributed by atoms with E-state index in [1.165, 1.54) is 0 Å². The monoisotopic (exact) mass is 279 g/mol. The van der Waals surface area contributed by atoms with Gasteiger partial charge >= 0.3 is 0 Å². The topological polar surface area (TPSA) is 51.7 Å². The Morgan fingerprint density at radius 1 is 1.40 bits per heavy atom. The van der Waals surface area contributed by atoms with Crippen molar-refractivity contribution < 1.29 is 0 Å². The average molecular weight is 280 g/mol. The maximum Gasteiger partial charge on any atom is 0.190 e. The molecule has 0 aromatic rings. The Kier molecular flexibility index (Phi) is 8.74. The lowest BCUT2D eigenvalue weighted by atomic mass is 10.3. The van der Waals surface area contributed by atoms with E-state index >= 15 is 0 Å². The number of hydrogen-bond donors (Lipinski definition) is 3. The number of rotatable bonds is 3. The van der Waals surface area contributed by atoms with E-state index in [9.17, 15) is 0 Å². The van der Waals surface area contributed by atoms with Gasteiger partial charge in [-0.15, -0.1) is 17.0 Å². The summed E-state index contributed by atoms with van der Waals surface area (Å²) >= 11 is 0. The minimum atomic E-state index is 0. The molecule has 1 saturated heterocycles. The van der Waals surface area contributed by atoms with Crippen LogP contribution in [0.15, 0.2) is 4.99 Å². The first-order chi connectivity index (χ1) is 6.86. The molecule has 0 aromatic carbocycles. The molecular formula is C9H22BrN5. The Labute approximate surface area is 102 Å².